The van der Waals surface area contributed by atoms with E-state index in [9.17, 15) is 4.39 Å². The Morgan fingerprint density at radius 3 is 2.58 bits per heavy atom. The minimum atomic E-state index is -0.481. The number of hydrogen-bond donors (Lipinski definition) is 1. The van der Waals surface area contributed by atoms with Gasteiger partial charge in [-0.3, -0.25) is 0 Å². The molecule has 5 heteroatoms. The van der Waals surface area contributed by atoms with Crippen LogP contribution in [0.15, 0.2) is 12.1 Å². The second kappa shape index (κ2) is 6.10. The fraction of sp³-hybridized carbons (Fsp3) is 0.571. The van der Waals surface area contributed by atoms with Crippen LogP contribution in [-0.4, -0.2) is 26.4 Å². The first kappa shape index (κ1) is 13.9. The van der Waals surface area contributed by atoms with E-state index in [1.165, 1.54) is 19.2 Å². The van der Waals surface area contributed by atoms with Crippen LogP contribution in [0.1, 0.15) is 25.7 Å². The van der Waals surface area contributed by atoms with Crippen LogP contribution >= 0.6 is 0 Å². The van der Waals surface area contributed by atoms with E-state index >= 15 is 0 Å². The zero-order valence-electron chi connectivity index (χ0n) is 11.3. The molecule has 0 amide bonds. The Labute approximate surface area is 112 Å². The van der Waals surface area contributed by atoms with Crippen molar-refractivity contribution < 1.29 is 18.6 Å². The molecule has 0 aliphatic heterocycles. The molecule has 0 spiro atoms. The highest BCUT2D eigenvalue weighted by Gasteiger charge is 2.24. The van der Waals surface area contributed by atoms with Crippen LogP contribution in [0.2, 0.25) is 0 Å². The third kappa shape index (κ3) is 3.29. The Morgan fingerprint density at radius 2 is 1.89 bits per heavy atom. The highest BCUT2D eigenvalue weighted by atomic mass is 19.1. The van der Waals surface area contributed by atoms with Crippen LogP contribution < -0.4 is 15.2 Å². The number of nitrogens with two attached hydrogens (primary N) is 1. The highest BCUT2D eigenvalue weighted by Crippen LogP contribution is 2.33. The second-order valence-corrected chi connectivity index (χ2v) is 4.79. The van der Waals surface area contributed by atoms with E-state index < -0.39 is 5.82 Å². The van der Waals surface area contributed by atoms with E-state index in [4.69, 9.17) is 19.9 Å². The van der Waals surface area contributed by atoms with Crippen molar-refractivity contribution in [3.8, 4) is 11.5 Å². The maximum absolute atomic E-state index is 13.4. The van der Waals surface area contributed by atoms with Crippen molar-refractivity contribution in [1.29, 1.82) is 0 Å². The highest BCUT2D eigenvalue weighted by molar-refractivity contribution is 5.56. The summed E-state index contributed by atoms with van der Waals surface area (Å²) in [7, 11) is 3.13. The molecule has 2 unspecified atom stereocenters. The van der Waals surface area contributed by atoms with E-state index in [1.807, 2.05) is 0 Å². The predicted molar refractivity (Wildman–Crippen MR) is 71.0 cm³/mol. The fourth-order valence-electron chi connectivity index (χ4n) is 2.41. The molecule has 1 aromatic carbocycles. The van der Waals surface area contributed by atoms with Crippen LogP contribution in [0, 0.1) is 5.82 Å². The van der Waals surface area contributed by atoms with Gasteiger partial charge in [0, 0.05) is 25.7 Å². The molecular weight excluding hydrogens is 249 g/mol. The molecule has 1 fully saturated rings. The lowest BCUT2D eigenvalue weighted by molar-refractivity contribution is 0.0211. The van der Waals surface area contributed by atoms with Gasteiger partial charge in [-0.25, -0.2) is 4.39 Å². The largest absolute Gasteiger partial charge is 0.494 e. The first-order valence-electron chi connectivity index (χ1n) is 6.46. The first-order valence-corrected chi connectivity index (χ1v) is 6.46. The number of rotatable bonds is 4. The molecule has 0 radical (unpaired) electrons. The van der Waals surface area contributed by atoms with Gasteiger partial charge in [0.1, 0.15) is 11.9 Å². The normalized spacial score (nSPS) is 23.1. The number of hydrogen-bond acceptors (Lipinski definition) is 4. The molecule has 4 nitrogen and oxygen atoms in total. The van der Waals surface area contributed by atoms with Gasteiger partial charge in [-0.2, -0.15) is 0 Å². The number of anilines is 1. The van der Waals surface area contributed by atoms with E-state index in [-0.39, 0.29) is 23.6 Å². The number of methoxy groups -OCH3 is 2. The van der Waals surface area contributed by atoms with Crippen molar-refractivity contribution >= 4 is 5.69 Å². The number of benzene rings is 1. The summed E-state index contributed by atoms with van der Waals surface area (Å²) in [6, 6.07) is 2.73. The Balaban J connectivity index is 2.10. The smallest absolute Gasteiger partial charge is 0.167 e. The van der Waals surface area contributed by atoms with Crippen molar-refractivity contribution in [3.05, 3.63) is 17.9 Å². The molecule has 1 aliphatic rings. The Hall–Kier alpha value is -1.49. The molecule has 1 aliphatic carbocycles. The number of ether oxygens (including phenoxy) is 3. The molecule has 2 N–H and O–H groups in total. The van der Waals surface area contributed by atoms with E-state index in [1.54, 1.807) is 7.11 Å². The summed E-state index contributed by atoms with van der Waals surface area (Å²) in [5.74, 6) is 0.133. The average Bonchev–Trinajstić information content (AvgIpc) is 2.42. The minimum absolute atomic E-state index is 0.0520. The molecule has 0 bridgehead atoms. The fourth-order valence-corrected chi connectivity index (χ4v) is 2.41. The zero-order valence-corrected chi connectivity index (χ0v) is 11.3. The van der Waals surface area contributed by atoms with Crippen LogP contribution in [0.25, 0.3) is 0 Å². The van der Waals surface area contributed by atoms with Gasteiger partial charge < -0.3 is 19.9 Å². The standard InChI is InChI=1S/C14H20FNO3/c1-17-9-4-3-5-10(6-9)19-14-8-13(18-2)11(15)7-12(14)16/h7-10H,3-6,16H2,1-2H3. The van der Waals surface area contributed by atoms with Gasteiger partial charge >= 0.3 is 0 Å². The zero-order chi connectivity index (χ0) is 13.8. The SMILES string of the molecule is COc1cc(OC2CCCC(OC)C2)c(N)cc1F. The molecule has 0 saturated heterocycles. The van der Waals surface area contributed by atoms with E-state index in [0.29, 0.717) is 5.75 Å². The number of halogens is 1. The Morgan fingerprint density at radius 1 is 1.16 bits per heavy atom. The number of nitrogen functional groups attached to an aromatic ring is 1. The van der Waals surface area contributed by atoms with Crippen molar-refractivity contribution in [1.82, 2.24) is 0 Å². The minimum Gasteiger partial charge on any atom is -0.494 e. The maximum atomic E-state index is 13.4. The molecule has 0 aromatic heterocycles. The predicted octanol–water partition coefficient (Wildman–Crippen LogP) is 2.75. The lowest BCUT2D eigenvalue weighted by atomic mass is 9.95. The molecule has 106 valence electrons. The van der Waals surface area contributed by atoms with Crippen molar-refractivity contribution in [2.24, 2.45) is 0 Å². The van der Waals surface area contributed by atoms with Crippen LogP contribution in [0.4, 0.5) is 10.1 Å². The van der Waals surface area contributed by atoms with Crippen LogP contribution in [-0.2, 0) is 4.74 Å². The van der Waals surface area contributed by atoms with Crippen LogP contribution in [0.5, 0.6) is 11.5 Å². The van der Waals surface area contributed by atoms with Gasteiger partial charge in [0.25, 0.3) is 0 Å². The molecule has 1 aromatic rings. The van der Waals surface area contributed by atoms with E-state index in [2.05, 4.69) is 0 Å². The lowest BCUT2D eigenvalue weighted by Gasteiger charge is -2.29. The monoisotopic (exact) mass is 269 g/mol. The second-order valence-electron chi connectivity index (χ2n) is 4.79. The topological polar surface area (TPSA) is 53.7 Å². The van der Waals surface area contributed by atoms with E-state index in [0.717, 1.165) is 25.7 Å². The van der Waals surface area contributed by atoms with Gasteiger partial charge in [-0.15, -0.1) is 0 Å². The molecule has 1 saturated carbocycles. The van der Waals surface area contributed by atoms with Crippen molar-refractivity contribution in [2.45, 2.75) is 37.9 Å². The summed E-state index contributed by atoms with van der Waals surface area (Å²) < 4.78 is 29.6. The Bertz CT molecular complexity index is 439. The first-order chi connectivity index (χ1) is 9.13. The van der Waals surface area contributed by atoms with Gasteiger partial charge in [-0.1, -0.05) is 0 Å². The molecular formula is C14H20FNO3. The average molecular weight is 269 g/mol. The third-order valence-corrected chi connectivity index (χ3v) is 3.49. The van der Waals surface area contributed by atoms with Crippen LogP contribution in [0.3, 0.4) is 0 Å². The third-order valence-electron chi connectivity index (χ3n) is 3.49. The quantitative estimate of drug-likeness (QED) is 0.854. The van der Waals surface area contributed by atoms with Crippen molar-refractivity contribution in [3.63, 3.8) is 0 Å². The Kier molecular flexibility index (Phi) is 4.47. The molecule has 0 heterocycles. The summed E-state index contributed by atoms with van der Waals surface area (Å²) in [5, 5.41) is 0. The summed E-state index contributed by atoms with van der Waals surface area (Å²) >= 11 is 0. The van der Waals surface area contributed by atoms with Gasteiger partial charge in [-0.05, 0) is 19.3 Å². The van der Waals surface area contributed by atoms with Gasteiger partial charge in [0.15, 0.2) is 11.6 Å². The molecule has 2 atom stereocenters. The molecule has 19 heavy (non-hydrogen) atoms. The maximum Gasteiger partial charge on any atom is 0.167 e. The van der Waals surface area contributed by atoms with Gasteiger partial charge in [0.05, 0.1) is 18.9 Å². The summed E-state index contributed by atoms with van der Waals surface area (Å²) in [6.07, 6.45) is 4.17. The molecule has 2 rings (SSSR count). The van der Waals surface area contributed by atoms with Gasteiger partial charge in [0.2, 0.25) is 0 Å². The lowest BCUT2D eigenvalue weighted by Crippen LogP contribution is -2.29. The summed E-state index contributed by atoms with van der Waals surface area (Å²) in [4.78, 5) is 0. The summed E-state index contributed by atoms with van der Waals surface area (Å²) in [5.41, 5.74) is 6.07. The summed E-state index contributed by atoms with van der Waals surface area (Å²) in [6.45, 7) is 0. The van der Waals surface area contributed by atoms with Crippen molar-refractivity contribution in [2.75, 3.05) is 20.0 Å².